The van der Waals surface area contributed by atoms with E-state index in [2.05, 4.69) is 23.5 Å². The first kappa shape index (κ1) is 14.0. The quantitative estimate of drug-likeness (QED) is 0.839. The van der Waals surface area contributed by atoms with Crippen LogP contribution in [-0.4, -0.2) is 19.1 Å². The molecule has 17 heavy (non-hydrogen) atoms. The van der Waals surface area contributed by atoms with Gasteiger partial charge in [0.15, 0.2) is 0 Å². The lowest BCUT2D eigenvalue weighted by atomic mass is 10.1. The zero-order valence-electron chi connectivity index (χ0n) is 9.94. The molecule has 0 saturated carbocycles. The summed E-state index contributed by atoms with van der Waals surface area (Å²) in [5.74, 6) is -0.174. The molecule has 2 rings (SSSR count). The Morgan fingerprint density at radius 3 is 3.00 bits per heavy atom. The van der Waals surface area contributed by atoms with Gasteiger partial charge in [-0.25, -0.2) is 0 Å². The summed E-state index contributed by atoms with van der Waals surface area (Å²) in [5, 5.41) is 3.25. The molecule has 0 saturated heterocycles. The molecule has 1 aliphatic carbocycles. The summed E-state index contributed by atoms with van der Waals surface area (Å²) < 4.78 is 4.89. The number of hydrogen-bond acceptors (Lipinski definition) is 3. The molecule has 0 radical (unpaired) electrons. The molecular formula is C13H18ClNO2. The third kappa shape index (κ3) is 3.45. The molecule has 4 heteroatoms. The average Bonchev–Trinajstić information content (AvgIpc) is 2.70. The summed E-state index contributed by atoms with van der Waals surface area (Å²) >= 11 is 0. The highest BCUT2D eigenvalue weighted by atomic mass is 35.5. The molecule has 1 atom stereocenters. The van der Waals surface area contributed by atoms with Crippen molar-refractivity contribution in [2.24, 2.45) is 0 Å². The third-order valence-corrected chi connectivity index (χ3v) is 2.93. The monoisotopic (exact) mass is 255 g/mol. The molecule has 1 aromatic rings. The number of rotatable bonds is 4. The first-order valence-corrected chi connectivity index (χ1v) is 5.78. The SMILES string of the molecule is CCOC(=O)CNC1CCc2ccccc21.Cl. The van der Waals surface area contributed by atoms with E-state index in [-0.39, 0.29) is 18.4 Å². The second-order valence-corrected chi connectivity index (χ2v) is 3.98. The van der Waals surface area contributed by atoms with Crippen LogP contribution in [0.1, 0.15) is 30.5 Å². The van der Waals surface area contributed by atoms with E-state index in [1.165, 1.54) is 11.1 Å². The first-order valence-electron chi connectivity index (χ1n) is 5.78. The van der Waals surface area contributed by atoms with Crippen LogP contribution in [-0.2, 0) is 16.0 Å². The maximum absolute atomic E-state index is 11.2. The normalized spacial score (nSPS) is 17.1. The van der Waals surface area contributed by atoms with Gasteiger partial charge in [-0.2, -0.15) is 0 Å². The minimum absolute atomic E-state index is 0. The summed E-state index contributed by atoms with van der Waals surface area (Å²) in [7, 11) is 0. The molecule has 0 bridgehead atoms. The number of benzene rings is 1. The molecule has 0 aromatic heterocycles. The Labute approximate surface area is 108 Å². The Balaban J connectivity index is 0.00000144. The van der Waals surface area contributed by atoms with E-state index in [1.807, 2.05) is 13.0 Å². The molecule has 94 valence electrons. The van der Waals surface area contributed by atoms with Gasteiger partial charge in [0.1, 0.15) is 0 Å². The van der Waals surface area contributed by atoms with Crippen LogP contribution in [0.2, 0.25) is 0 Å². The van der Waals surface area contributed by atoms with Crippen molar-refractivity contribution in [2.45, 2.75) is 25.8 Å². The van der Waals surface area contributed by atoms with Crippen molar-refractivity contribution >= 4 is 18.4 Å². The van der Waals surface area contributed by atoms with Crippen LogP contribution in [0.5, 0.6) is 0 Å². The second kappa shape index (κ2) is 6.62. The number of esters is 1. The smallest absolute Gasteiger partial charge is 0.319 e. The van der Waals surface area contributed by atoms with E-state index in [1.54, 1.807) is 0 Å². The maximum Gasteiger partial charge on any atom is 0.319 e. The highest BCUT2D eigenvalue weighted by Gasteiger charge is 2.21. The molecule has 0 aliphatic heterocycles. The van der Waals surface area contributed by atoms with Gasteiger partial charge in [0.2, 0.25) is 0 Å². The van der Waals surface area contributed by atoms with Crippen molar-refractivity contribution in [1.29, 1.82) is 0 Å². The minimum Gasteiger partial charge on any atom is -0.465 e. The largest absolute Gasteiger partial charge is 0.465 e. The van der Waals surface area contributed by atoms with Gasteiger partial charge in [-0.3, -0.25) is 4.79 Å². The predicted molar refractivity (Wildman–Crippen MR) is 69.4 cm³/mol. The molecule has 0 amide bonds. The fraction of sp³-hybridized carbons (Fsp3) is 0.462. The lowest BCUT2D eigenvalue weighted by Gasteiger charge is -2.13. The van der Waals surface area contributed by atoms with Crippen molar-refractivity contribution in [3.63, 3.8) is 0 Å². The van der Waals surface area contributed by atoms with Crippen LogP contribution >= 0.6 is 12.4 Å². The van der Waals surface area contributed by atoms with Gasteiger partial charge in [-0.1, -0.05) is 24.3 Å². The molecule has 0 heterocycles. The molecular weight excluding hydrogens is 238 g/mol. The Kier molecular flexibility index (Phi) is 5.45. The van der Waals surface area contributed by atoms with E-state index < -0.39 is 0 Å². The Morgan fingerprint density at radius 2 is 2.24 bits per heavy atom. The van der Waals surface area contributed by atoms with Gasteiger partial charge < -0.3 is 10.1 Å². The summed E-state index contributed by atoms with van der Waals surface area (Å²) in [5.41, 5.74) is 2.72. The highest BCUT2D eigenvalue weighted by Crippen LogP contribution is 2.30. The van der Waals surface area contributed by atoms with Crippen LogP contribution in [0, 0.1) is 0 Å². The lowest BCUT2D eigenvalue weighted by Crippen LogP contribution is -2.27. The third-order valence-electron chi connectivity index (χ3n) is 2.93. The summed E-state index contributed by atoms with van der Waals surface area (Å²) in [6.07, 6.45) is 2.16. The molecule has 0 spiro atoms. The number of carbonyl (C=O) groups excluding carboxylic acids is 1. The van der Waals surface area contributed by atoms with Crippen molar-refractivity contribution in [1.82, 2.24) is 5.32 Å². The van der Waals surface area contributed by atoms with Gasteiger partial charge in [0, 0.05) is 6.04 Å². The summed E-state index contributed by atoms with van der Waals surface area (Å²) in [4.78, 5) is 11.2. The number of ether oxygens (including phenoxy) is 1. The molecule has 1 aliphatic rings. The van der Waals surface area contributed by atoms with Gasteiger partial charge in [-0.15, -0.1) is 12.4 Å². The molecule has 3 nitrogen and oxygen atoms in total. The highest BCUT2D eigenvalue weighted by molar-refractivity contribution is 5.85. The molecule has 0 fully saturated rings. The van der Waals surface area contributed by atoms with Crippen LogP contribution in [0.15, 0.2) is 24.3 Å². The van der Waals surface area contributed by atoms with E-state index in [0.717, 1.165) is 12.8 Å². The van der Waals surface area contributed by atoms with Crippen LogP contribution in [0.4, 0.5) is 0 Å². The van der Waals surface area contributed by atoms with Gasteiger partial charge >= 0.3 is 5.97 Å². The second-order valence-electron chi connectivity index (χ2n) is 3.98. The Morgan fingerprint density at radius 1 is 1.47 bits per heavy atom. The molecule has 1 N–H and O–H groups in total. The predicted octanol–water partition coefficient (Wildman–Crippen LogP) is 2.25. The van der Waals surface area contributed by atoms with E-state index in [0.29, 0.717) is 19.2 Å². The van der Waals surface area contributed by atoms with Crippen molar-refractivity contribution in [3.8, 4) is 0 Å². The number of nitrogens with one attached hydrogen (secondary N) is 1. The Hall–Kier alpha value is -1.06. The van der Waals surface area contributed by atoms with Crippen molar-refractivity contribution in [3.05, 3.63) is 35.4 Å². The van der Waals surface area contributed by atoms with E-state index >= 15 is 0 Å². The number of fused-ring (bicyclic) bond motifs is 1. The topological polar surface area (TPSA) is 38.3 Å². The van der Waals surface area contributed by atoms with Gasteiger partial charge in [0.05, 0.1) is 13.2 Å². The van der Waals surface area contributed by atoms with Crippen LogP contribution in [0.3, 0.4) is 0 Å². The van der Waals surface area contributed by atoms with Crippen LogP contribution < -0.4 is 5.32 Å². The lowest BCUT2D eigenvalue weighted by molar-refractivity contribution is -0.142. The van der Waals surface area contributed by atoms with Gasteiger partial charge in [0.25, 0.3) is 0 Å². The standard InChI is InChI=1S/C13H17NO2.ClH/c1-2-16-13(15)9-14-12-8-7-10-5-3-4-6-11(10)12;/h3-6,12,14H,2,7-9H2,1H3;1H. The number of aryl methyl sites for hydroxylation is 1. The maximum atomic E-state index is 11.2. The molecule has 1 unspecified atom stereocenters. The molecule has 1 aromatic carbocycles. The summed E-state index contributed by atoms with van der Waals surface area (Å²) in [6.45, 7) is 2.57. The van der Waals surface area contributed by atoms with Crippen molar-refractivity contribution < 1.29 is 9.53 Å². The fourth-order valence-electron chi connectivity index (χ4n) is 2.19. The zero-order chi connectivity index (χ0) is 11.4. The van der Waals surface area contributed by atoms with Crippen LogP contribution in [0.25, 0.3) is 0 Å². The van der Waals surface area contributed by atoms with E-state index in [9.17, 15) is 4.79 Å². The van der Waals surface area contributed by atoms with Gasteiger partial charge in [-0.05, 0) is 30.9 Å². The number of halogens is 1. The Bertz CT molecular complexity index is 381. The average molecular weight is 256 g/mol. The van der Waals surface area contributed by atoms with E-state index in [4.69, 9.17) is 4.74 Å². The number of carbonyl (C=O) groups is 1. The zero-order valence-corrected chi connectivity index (χ0v) is 10.8. The minimum atomic E-state index is -0.174. The number of hydrogen-bond donors (Lipinski definition) is 1. The fourth-order valence-corrected chi connectivity index (χ4v) is 2.19. The first-order chi connectivity index (χ1) is 7.81. The summed E-state index contributed by atoms with van der Waals surface area (Å²) in [6, 6.07) is 8.70. The van der Waals surface area contributed by atoms with Crippen molar-refractivity contribution in [2.75, 3.05) is 13.2 Å².